The molecular weight excluding hydrogens is 288 g/mol. The zero-order chi connectivity index (χ0) is 15.4. The molecule has 0 fully saturated rings. The van der Waals surface area contributed by atoms with Gasteiger partial charge < -0.3 is 5.32 Å². The van der Waals surface area contributed by atoms with Gasteiger partial charge in [0.05, 0.1) is 4.92 Å². The van der Waals surface area contributed by atoms with E-state index in [-0.39, 0.29) is 11.7 Å². The van der Waals surface area contributed by atoms with Crippen molar-refractivity contribution in [1.29, 1.82) is 0 Å². The predicted octanol–water partition coefficient (Wildman–Crippen LogP) is 4.41. The highest BCUT2D eigenvalue weighted by Crippen LogP contribution is 2.23. The smallest absolute Gasteiger partial charge is 0.269 e. The van der Waals surface area contributed by atoms with E-state index in [1.54, 1.807) is 6.07 Å². The van der Waals surface area contributed by atoms with Crippen molar-refractivity contribution >= 4 is 17.3 Å². The molecule has 21 heavy (non-hydrogen) atoms. The highest BCUT2D eigenvalue weighted by atomic mass is 35.5. The number of nitrogens with zero attached hydrogens (tertiary/aromatic N) is 1. The molecule has 2 rings (SSSR count). The number of non-ortho nitro benzene ring substituents is 1. The maximum absolute atomic E-state index is 10.8. The van der Waals surface area contributed by atoms with E-state index in [0.717, 1.165) is 5.56 Å². The molecule has 0 radical (unpaired) electrons. The van der Waals surface area contributed by atoms with Crippen LogP contribution >= 0.6 is 11.6 Å². The van der Waals surface area contributed by atoms with Gasteiger partial charge in [-0.05, 0) is 31.0 Å². The lowest BCUT2D eigenvalue weighted by atomic mass is 10.1. The Morgan fingerprint density at radius 1 is 1.24 bits per heavy atom. The Balaban J connectivity index is 2.07. The molecule has 5 heteroatoms. The third-order valence-corrected chi connectivity index (χ3v) is 3.78. The second-order valence-electron chi connectivity index (χ2n) is 5.05. The molecule has 1 atom stereocenters. The highest BCUT2D eigenvalue weighted by molar-refractivity contribution is 6.31. The topological polar surface area (TPSA) is 55.2 Å². The van der Waals surface area contributed by atoms with E-state index >= 15 is 0 Å². The molecule has 0 spiro atoms. The molecule has 0 aliphatic rings. The van der Waals surface area contributed by atoms with Gasteiger partial charge in [-0.15, -0.1) is 0 Å². The minimum absolute atomic E-state index is 0.0548. The van der Waals surface area contributed by atoms with Gasteiger partial charge in [0.1, 0.15) is 0 Å². The molecule has 110 valence electrons. The van der Waals surface area contributed by atoms with E-state index in [0.29, 0.717) is 11.6 Å². The van der Waals surface area contributed by atoms with Gasteiger partial charge >= 0.3 is 0 Å². The van der Waals surface area contributed by atoms with Crippen LogP contribution < -0.4 is 5.32 Å². The van der Waals surface area contributed by atoms with Gasteiger partial charge in [0.25, 0.3) is 5.69 Å². The van der Waals surface area contributed by atoms with Gasteiger partial charge in [0.15, 0.2) is 0 Å². The number of aryl methyl sites for hydroxylation is 1. The summed E-state index contributed by atoms with van der Waals surface area (Å²) in [4.78, 5) is 10.4. The Hall–Kier alpha value is -1.91. The summed E-state index contributed by atoms with van der Waals surface area (Å²) in [7, 11) is 0. The summed E-state index contributed by atoms with van der Waals surface area (Å²) in [6.45, 7) is 4.58. The van der Waals surface area contributed by atoms with Crippen molar-refractivity contribution < 1.29 is 4.92 Å². The number of hydrogen-bond donors (Lipinski definition) is 1. The summed E-state index contributed by atoms with van der Waals surface area (Å²) in [6.07, 6.45) is 0. The maximum Gasteiger partial charge on any atom is 0.269 e. The number of hydrogen-bond acceptors (Lipinski definition) is 3. The van der Waals surface area contributed by atoms with E-state index in [1.807, 2.05) is 6.92 Å². The lowest BCUT2D eigenvalue weighted by Gasteiger charge is -2.15. The molecule has 0 aliphatic heterocycles. The summed E-state index contributed by atoms with van der Waals surface area (Å²) >= 11 is 6.09. The normalized spacial score (nSPS) is 12.1. The predicted molar refractivity (Wildman–Crippen MR) is 84.5 cm³/mol. The van der Waals surface area contributed by atoms with Gasteiger partial charge in [-0.3, -0.25) is 10.1 Å². The minimum Gasteiger partial charge on any atom is -0.306 e. The molecule has 0 saturated carbocycles. The van der Waals surface area contributed by atoms with Crippen molar-refractivity contribution in [2.75, 3.05) is 0 Å². The SMILES string of the molecule is Cc1ccc([C@H](C)NCc2cc([N+](=O)[O-])ccc2Cl)cc1. The van der Waals surface area contributed by atoms with Crippen LogP contribution in [-0.4, -0.2) is 4.92 Å². The summed E-state index contributed by atoms with van der Waals surface area (Å²) in [5.41, 5.74) is 3.17. The van der Waals surface area contributed by atoms with Crippen molar-refractivity contribution in [2.45, 2.75) is 26.4 Å². The summed E-state index contributed by atoms with van der Waals surface area (Å²) in [5.74, 6) is 0. The Labute approximate surface area is 128 Å². The molecule has 0 unspecified atom stereocenters. The third-order valence-electron chi connectivity index (χ3n) is 3.42. The van der Waals surface area contributed by atoms with E-state index in [4.69, 9.17) is 11.6 Å². The van der Waals surface area contributed by atoms with Crippen LogP contribution in [0.3, 0.4) is 0 Å². The largest absolute Gasteiger partial charge is 0.306 e. The molecule has 0 saturated heterocycles. The first-order valence-electron chi connectivity index (χ1n) is 6.70. The Morgan fingerprint density at radius 3 is 2.52 bits per heavy atom. The fourth-order valence-corrected chi connectivity index (χ4v) is 2.23. The molecule has 0 heterocycles. The summed E-state index contributed by atoms with van der Waals surface area (Å²) in [5, 5.41) is 14.7. The van der Waals surface area contributed by atoms with Crippen LogP contribution in [-0.2, 0) is 6.54 Å². The number of nitro benzene ring substituents is 1. The van der Waals surface area contributed by atoms with Crippen molar-refractivity contribution in [3.05, 3.63) is 74.3 Å². The first-order valence-corrected chi connectivity index (χ1v) is 7.08. The molecule has 0 amide bonds. The van der Waals surface area contributed by atoms with Gasteiger partial charge in [-0.2, -0.15) is 0 Å². The van der Waals surface area contributed by atoms with Crippen molar-refractivity contribution in [2.24, 2.45) is 0 Å². The number of rotatable bonds is 5. The van der Waals surface area contributed by atoms with Gasteiger partial charge in [-0.1, -0.05) is 41.4 Å². The Kier molecular flexibility index (Phi) is 4.94. The van der Waals surface area contributed by atoms with E-state index in [1.165, 1.54) is 23.3 Å². The number of halogens is 1. The van der Waals surface area contributed by atoms with Crippen molar-refractivity contribution in [1.82, 2.24) is 5.32 Å². The highest BCUT2D eigenvalue weighted by Gasteiger charge is 2.11. The first-order chi connectivity index (χ1) is 9.97. The monoisotopic (exact) mass is 304 g/mol. The Bertz CT molecular complexity index is 641. The summed E-state index contributed by atoms with van der Waals surface area (Å²) < 4.78 is 0. The van der Waals surface area contributed by atoms with Gasteiger partial charge in [0, 0.05) is 29.7 Å². The first kappa shape index (κ1) is 15.5. The van der Waals surface area contributed by atoms with Crippen LogP contribution in [0.4, 0.5) is 5.69 Å². The Morgan fingerprint density at radius 2 is 1.90 bits per heavy atom. The van der Waals surface area contributed by atoms with Crippen LogP contribution in [0.25, 0.3) is 0 Å². The number of benzene rings is 2. The minimum atomic E-state index is -0.413. The molecule has 2 aromatic rings. The van der Waals surface area contributed by atoms with Crippen molar-refractivity contribution in [3.63, 3.8) is 0 Å². The van der Waals surface area contributed by atoms with Gasteiger partial charge in [0.2, 0.25) is 0 Å². The van der Waals surface area contributed by atoms with Crippen LogP contribution in [0.15, 0.2) is 42.5 Å². The average molecular weight is 305 g/mol. The van der Waals surface area contributed by atoms with E-state index < -0.39 is 4.92 Å². The quantitative estimate of drug-likeness (QED) is 0.657. The molecular formula is C16H17ClN2O2. The van der Waals surface area contributed by atoms with Crippen LogP contribution in [0.2, 0.25) is 5.02 Å². The van der Waals surface area contributed by atoms with Gasteiger partial charge in [-0.25, -0.2) is 0 Å². The fraction of sp³-hybridized carbons (Fsp3) is 0.250. The molecule has 2 aromatic carbocycles. The molecule has 0 bridgehead atoms. The summed E-state index contributed by atoms with van der Waals surface area (Å²) in [6, 6.07) is 12.9. The second-order valence-corrected chi connectivity index (χ2v) is 5.45. The lowest BCUT2D eigenvalue weighted by Crippen LogP contribution is -2.18. The van der Waals surface area contributed by atoms with E-state index in [9.17, 15) is 10.1 Å². The van der Waals surface area contributed by atoms with Crippen LogP contribution in [0.1, 0.15) is 29.7 Å². The van der Waals surface area contributed by atoms with Crippen LogP contribution in [0.5, 0.6) is 0 Å². The molecule has 0 aromatic heterocycles. The van der Waals surface area contributed by atoms with E-state index in [2.05, 4.69) is 36.5 Å². The molecule has 0 aliphatic carbocycles. The third kappa shape index (κ3) is 4.03. The lowest BCUT2D eigenvalue weighted by molar-refractivity contribution is -0.384. The van der Waals surface area contributed by atoms with Crippen molar-refractivity contribution in [3.8, 4) is 0 Å². The van der Waals surface area contributed by atoms with Crippen LogP contribution in [0, 0.1) is 17.0 Å². The maximum atomic E-state index is 10.8. The zero-order valence-corrected chi connectivity index (χ0v) is 12.7. The standard InChI is InChI=1S/C16H17ClN2O2/c1-11-3-5-13(6-4-11)12(2)18-10-14-9-15(19(20)21)7-8-16(14)17/h3-9,12,18H,10H2,1-2H3/t12-/m0/s1. The zero-order valence-electron chi connectivity index (χ0n) is 12.0. The fourth-order valence-electron chi connectivity index (χ4n) is 2.05. The number of nitrogens with one attached hydrogen (secondary N) is 1. The average Bonchev–Trinajstić information content (AvgIpc) is 2.46. The second kappa shape index (κ2) is 6.70. The molecule has 4 nitrogen and oxygen atoms in total. The molecule has 1 N–H and O–H groups in total. The number of nitro groups is 1.